The first-order valence-corrected chi connectivity index (χ1v) is 15.3. The number of rotatable bonds is 10. The summed E-state index contributed by atoms with van der Waals surface area (Å²) in [5, 5.41) is 6.60. The zero-order valence-electron chi connectivity index (χ0n) is 26.3. The van der Waals surface area contributed by atoms with Gasteiger partial charge in [-0.25, -0.2) is 8.78 Å². The van der Waals surface area contributed by atoms with Crippen molar-refractivity contribution in [2.75, 3.05) is 20.4 Å². The fourth-order valence-electron chi connectivity index (χ4n) is 6.13. The van der Waals surface area contributed by atoms with Crippen molar-refractivity contribution in [1.29, 1.82) is 0 Å². The minimum Gasteiger partial charge on any atom is -0.482 e. The first-order chi connectivity index (χ1) is 21.9. The average Bonchev–Trinajstić information content (AvgIpc) is 3.39. The molecule has 0 radical (unpaired) electrons. The zero-order chi connectivity index (χ0) is 33.2. The predicted octanol–water partition coefficient (Wildman–Crippen LogP) is 4.06. The molecular weight excluding hydrogens is 606 g/mol. The van der Waals surface area contributed by atoms with Crippen molar-refractivity contribution in [2.45, 2.75) is 83.5 Å². The predicted molar refractivity (Wildman–Crippen MR) is 160 cm³/mol. The maximum absolute atomic E-state index is 14.3. The quantitative estimate of drug-likeness (QED) is 0.302. The number of fused-ring (bicyclic) bond motifs is 5. The molecule has 3 aliphatic heterocycles. The second-order valence-electron chi connectivity index (χ2n) is 12.3. The largest absolute Gasteiger partial charge is 0.482 e. The molecule has 1 aromatic carbocycles. The molecule has 5 rings (SSSR count). The summed E-state index contributed by atoms with van der Waals surface area (Å²) in [4.78, 5) is 61.3. The number of methoxy groups -OCH3 is 1. The van der Waals surface area contributed by atoms with Crippen molar-refractivity contribution in [3.63, 3.8) is 0 Å². The molecule has 3 atom stereocenters. The van der Waals surface area contributed by atoms with Crippen LogP contribution >= 0.6 is 0 Å². The number of benzene rings is 1. The van der Waals surface area contributed by atoms with Crippen molar-refractivity contribution < 1.29 is 42.2 Å². The van der Waals surface area contributed by atoms with Gasteiger partial charge in [0.1, 0.15) is 17.2 Å². The molecule has 12 nitrogen and oxygen atoms in total. The van der Waals surface area contributed by atoms with E-state index >= 15 is 0 Å². The van der Waals surface area contributed by atoms with Gasteiger partial charge in [0.25, 0.3) is 11.8 Å². The van der Waals surface area contributed by atoms with Gasteiger partial charge in [0.2, 0.25) is 23.9 Å². The minimum atomic E-state index is -0.968. The monoisotopic (exact) mass is 644 g/mol. The smallest absolute Gasteiger partial charge is 0.308 e. The number of halogens is 2. The van der Waals surface area contributed by atoms with Crippen LogP contribution in [-0.4, -0.2) is 65.2 Å². The Kier molecular flexibility index (Phi) is 9.63. The van der Waals surface area contributed by atoms with Gasteiger partial charge in [0.05, 0.1) is 19.6 Å². The topological polar surface area (TPSA) is 138 Å². The van der Waals surface area contributed by atoms with Crippen molar-refractivity contribution >= 4 is 23.7 Å². The van der Waals surface area contributed by atoms with Gasteiger partial charge in [-0.05, 0) is 38.2 Å². The second-order valence-corrected chi connectivity index (χ2v) is 12.3. The van der Waals surface area contributed by atoms with Crippen LogP contribution < -0.4 is 15.5 Å². The molecular formula is C32H38F2N4O8. The molecule has 248 valence electrons. The standard InChI is InChI=1S/C32H38F2N4O8/c1-18(2)6-5-7-26(39)44-17-45-29-27-31(42)37-16-24(32(11-10-19(37)3)13-25(43-4)36-46-32)38(27)15-22(28(29)40)30(41)35-14-20-8-9-21(33)12-23(20)34/h8-9,12,15,18-19,24H,5-7,10-11,13-14,16-17H2,1-4H3,(H,35,41)/t19?,24?,32-/m0/s1. The van der Waals surface area contributed by atoms with Gasteiger partial charge in [-0.1, -0.05) is 31.5 Å². The van der Waals surface area contributed by atoms with E-state index in [9.17, 15) is 28.0 Å². The SMILES string of the molecule is COC1=NO[C@@]2(CCC(C)N3CC2n2cc(C(=O)NCc4ccc(F)cc4F)c(=O)c(OCOC(=O)CCCC(C)C)c2C3=O)C1. The van der Waals surface area contributed by atoms with Crippen LogP contribution in [0.2, 0.25) is 0 Å². The summed E-state index contributed by atoms with van der Waals surface area (Å²) in [6.45, 7) is 5.15. The number of aromatic nitrogens is 1. The Labute approximate surface area is 264 Å². The summed E-state index contributed by atoms with van der Waals surface area (Å²) >= 11 is 0. The Morgan fingerprint density at radius 2 is 2.02 bits per heavy atom. The molecule has 4 heterocycles. The van der Waals surface area contributed by atoms with Crippen LogP contribution in [0.15, 0.2) is 34.3 Å². The van der Waals surface area contributed by atoms with E-state index in [1.54, 1.807) is 4.90 Å². The number of nitrogens with zero attached hydrogens (tertiary/aromatic N) is 3. The molecule has 0 saturated carbocycles. The number of hydrogen-bond donors (Lipinski definition) is 1. The summed E-state index contributed by atoms with van der Waals surface area (Å²) in [6, 6.07) is 2.07. The molecule has 3 aliphatic rings. The van der Waals surface area contributed by atoms with E-state index in [1.807, 2.05) is 20.8 Å². The van der Waals surface area contributed by atoms with Crippen LogP contribution in [0.5, 0.6) is 5.75 Å². The Hall–Kier alpha value is -4.49. The average molecular weight is 645 g/mol. The summed E-state index contributed by atoms with van der Waals surface area (Å²) in [6.07, 6.45) is 4.18. The number of esters is 1. The van der Waals surface area contributed by atoms with Gasteiger partial charge in [0, 0.05) is 43.4 Å². The van der Waals surface area contributed by atoms with Gasteiger partial charge in [-0.3, -0.25) is 19.2 Å². The number of carbonyl (C=O) groups excluding carboxylic acids is 3. The normalized spacial score (nSPS) is 21.8. The third-order valence-corrected chi connectivity index (χ3v) is 8.79. The highest BCUT2D eigenvalue weighted by Gasteiger charge is 2.55. The molecule has 1 N–H and O–H groups in total. The van der Waals surface area contributed by atoms with Crippen molar-refractivity contribution in [2.24, 2.45) is 11.1 Å². The van der Waals surface area contributed by atoms with E-state index in [1.165, 1.54) is 23.9 Å². The molecule has 14 heteroatoms. The summed E-state index contributed by atoms with van der Waals surface area (Å²) in [5.74, 6) is -3.25. The molecule has 2 amide bonds. The number of carbonyl (C=O) groups is 3. The van der Waals surface area contributed by atoms with E-state index < -0.39 is 64.6 Å². The molecule has 46 heavy (non-hydrogen) atoms. The lowest BCUT2D eigenvalue weighted by Gasteiger charge is -2.42. The van der Waals surface area contributed by atoms with Crippen LogP contribution in [0.3, 0.4) is 0 Å². The van der Waals surface area contributed by atoms with Crippen molar-refractivity contribution in [3.05, 3.63) is 63.1 Å². The van der Waals surface area contributed by atoms with E-state index in [0.717, 1.165) is 12.5 Å². The van der Waals surface area contributed by atoms with Crippen molar-refractivity contribution in [3.8, 4) is 5.75 Å². The van der Waals surface area contributed by atoms with Gasteiger partial charge in [-0.15, -0.1) is 0 Å². The highest BCUT2D eigenvalue weighted by atomic mass is 19.1. The summed E-state index contributed by atoms with van der Waals surface area (Å²) in [7, 11) is 1.48. The molecule has 1 aromatic heterocycles. The molecule has 0 aliphatic carbocycles. The van der Waals surface area contributed by atoms with Gasteiger partial charge in [0.15, 0.2) is 11.3 Å². The minimum absolute atomic E-state index is 0.000192. The maximum Gasteiger partial charge on any atom is 0.308 e. The van der Waals surface area contributed by atoms with Crippen LogP contribution in [0.1, 0.15) is 91.7 Å². The van der Waals surface area contributed by atoms with E-state index in [2.05, 4.69) is 10.5 Å². The number of oxime groups is 1. The van der Waals surface area contributed by atoms with Crippen LogP contribution in [0, 0.1) is 17.6 Å². The third-order valence-electron chi connectivity index (χ3n) is 8.79. The van der Waals surface area contributed by atoms with E-state index in [4.69, 9.17) is 19.0 Å². The first-order valence-electron chi connectivity index (χ1n) is 15.3. The molecule has 1 fully saturated rings. The summed E-state index contributed by atoms with van der Waals surface area (Å²) < 4.78 is 45.5. The highest BCUT2D eigenvalue weighted by Crippen LogP contribution is 2.46. The lowest BCUT2D eigenvalue weighted by molar-refractivity contribution is -0.150. The number of nitrogens with one attached hydrogen (secondary N) is 1. The molecule has 2 aromatic rings. The van der Waals surface area contributed by atoms with Crippen LogP contribution in [0.4, 0.5) is 8.78 Å². The Bertz CT molecular complexity index is 1610. The lowest BCUT2D eigenvalue weighted by Crippen LogP contribution is -2.52. The fourth-order valence-corrected chi connectivity index (χ4v) is 6.13. The molecule has 2 bridgehead atoms. The Balaban J connectivity index is 1.52. The number of pyridine rings is 1. The maximum atomic E-state index is 14.3. The van der Waals surface area contributed by atoms with Gasteiger partial charge < -0.3 is 33.8 Å². The highest BCUT2D eigenvalue weighted by molar-refractivity contribution is 5.99. The molecule has 1 saturated heterocycles. The molecule has 1 spiro atoms. The fraction of sp³-hybridized carbons (Fsp3) is 0.531. The zero-order valence-corrected chi connectivity index (χ0v) is 26.3. The number of amides is 2. The summed E-state index contributed by atoms with van der Waals surface area (Å²) in [5.41, 5.74) is -2.41. The number of hydrogen-bond acceptors (Lipinski definition) is 9. The van der Waals surface area contributed by atoms with E-state index in [-0.39, 0.29) is 43.2 Å². The van der Waals surface area contributed by atoms with Crippen LogP contribution in [-0.2, 0) is 25.7 Å². The van der Waals surface area contributed by atoms with Gasteiger partial charge >= 0.3 is 5.97 Å². The number of ether oxygens (including phenoxy) is 3. The Morgan fingerprint density at radius 1 is 1.24 bits per heavy atom. The second kappa shape index (κ2) is 13.5. The lowest BCUT2D eigenvalue weighted by atomic mass is 9.85. The van der Waals surface area contributed by atoms with Crippen LogP contribution in [0.25, 0.3) is 0 Å². The third kappa shape index (κ3) is 6.56. The van der Waals surface area contributed by atoms with Crippen molar-refractivity contribution in [1.82, 2.24) is 14.8 Å². The first kappa shape index (κ1) is 32.9. The van der Waals surface area contributed by atoms with E-state index in [0.29, 0.717) is 37.1 Å². The van der Waals surface area contributed by atoms with Gasteiger partial charge in [-0.2, -0.15) is 0 Å². The Morgan fingerprint density at radius 3 is 2.72 bits per heavy atom. The molecule has 2 unspecified atom stereocenters.